The molecule has 4 heteroatoms. The second-order valence-corrected chi connectivity index (χ2v) is 4.39. The van der Waals surface area contributed by atoms with Crippen LogP contribution in [-0.4, -0.2) is 26.7 Å². The second-order valence-electron chi connectivity index (χ2n) is 1.80. The number of aliphatic hydroxyl groups is 1. The SMILES string of the molecule is OC(CBr)CC(Br)CBr. The van der Waals surface area contributed by atoms with E-state index in [1.54, 1.807) is 0 Å². The van der Waals surface area contributed by atoms with Gasteiger partial charge < -0.3 is 5.11 Å². The Kier molecular flexibility index (Phi) is 7.09. The maximum Gasteiger partial charge on any atom is 0.0647 e. The summed E-state index contributed by atoms with van der Waals surface area (Å²) in [4.78, 5) is 0.380. The van der Waals surface area contributed by atoms with Crippen LogP contribution in [0, 0.1) is 0 Å². The van der Waals surface area contributed by atoms with E-state index in [4.69, 9.17) is 5.11 Å². The standard InChI is InChI=1S/C5H9Br3O/c6-2-4(8)1-5(9)3-7/h4-5,9H,1-3H2. The van der Waals surface area contributed by atoms with Crippen molar-refractivity contribution in [2.24, 2.45) is 0 Å². The first-order chi connectivity index (χ1) is 4.20. The molecule has 0 amide bonds. The molecule has 0 aromatic carbocycles. The quantitative estimate of drug-likeness (QED) is 0.787. The Bertz CT molecular complexity index is 61.2. The van der Waals surface area contributed by atoms with Crippen molar-refractivity contribution in [1.29, 1.82) is 0 Å². The molecule has 56 valence electrons. The number of hydrogen-bond acceptors (Lipinski definition) is 1. The molecule has 0 saturated carbocycles. The fraction of sp³-hybridized carbons (Fsp3) is 1.00. The fourth-order valence-electron chi connectivity index (χ4n) is 0.421. The average molecular weight is 325 g/mol. The lowest BCUT2D eigenvalue weighted by Gasteiger charge is -2.09. The molecule has 0 bridgehead atoms. The van der Waals surface area contributed by atoms with Gasteiger partial charge in [0.05, 0.1) is 6.10 Å². The van der Waals surface area contributed by atoms with Crippen molar-refractivity contribution in [1.82, 2.24) is 0 Å². The number of aliphatic hydroxyl groups excluding tert-OH is 1. The number of halogens is 3. The van der Waals surface area contributed by atoms with Gasteiger partial charge in [-0.3, -0.25) is 0 Å². The Morgan fingerprint density at radius 2 is 1.78 bits per heavy atom. The summed E-state index contributed by atoms with van der Waals surface area (Å²) >= 11 is 9.88. The van der Waals surface area contributed by atoms with Crippen LogP contribution in [0.2, 0.25) is 0 Å². The van der Waals surface area contributed by atoms with Crippen molar-refractivity contribution < 1.29 is 5.11 Å². The maximum atomic E-state index is 9.06. The molecule has 0 rings (SSSR count). The van der Waals surface area contributed by atoms with E-state index in [1.165, 1.54) is 0 Å². The van der Waals surface area contributed by atoms with Crippen molar-refractivity contribution in [3.05, 3.63) is 0 Å². The minimum Gasteiger partial charge on any atom is -0.392 e. The first kappa shape index (κ1) is 10.4. The van der Waals surface area contributed by atoms with E-state index in [0.29, 0.717) is 10.2 Å². The van der Waals surface area contributed by atoms with Gasteiger partial charge in [-0.05, 0) is 6.42 Å². The third kappa shape index (κ3) is 5.83. The lowest BCUT2D eigenvalue weighted by molar-refractivity contribution is 0.192. The van der Waals surface area contributed by atoms with Crippen LogP contribution in [0.25, 0.3) is 0 Å². The van der Waals surface area contributed by atoms with Crippen molar-refractivity contribution in [3.63, 3.8) is 0 Å². The summed E-state index contributed by atoms with van der Waals surface area (Å²) in [5.74, 6) is 0. The molecule has 0 aromatic heterocycles. The van der Waals surface area contributed by atoms with Gasteiger partial charge >= 0.3 is 0 Å². The molecule has 0 aliphatic rings. The molecule has 2 atom stereocenters. The van der Waals surface area contributed by atoms with Gasteiger partial charge in [0.1, 0.15) is 0 Å². The maximum absolute atomic E-state index is 9.06. The van der Waals surface area contributed by atoms with Crippen LogP contribution < -0.4 is 0 Å². The van der Waals surface area contributed by atoms with Gasteiger partial charge in [0.25, 0.3) is 0 Å². The lowest BCUT2D eigenvalue weighted by atomic mass is 10.2. The van der Waals surface area contributed by atoms with Crippen molar-refractivity contribution in [2.75, 3.05) is 10.7 Å². The van der Waals surface area contributed by atoms with Crippen molar-refractivity contribution in [3.8, 4) is 0 Å². The van der Waals surface area contributed by atoms with Gasteiger partial charge in [-0.25, -0.2) is 0 Å². The fourth-order valence-corrected chi connectivity index (χ4v) is 1.38. The van der Waals surface area contributed by atoms with Gasteiger partial charge in [0.15, 0.2) is 0 Å². The Morgan fingerprint density at radius 1 is 1.22 bits per heavy atom. The molecule has 0 heterocycles. The van der Waals surface area contributed by atoms with E-state index in [1.807, 2.05) is 0 Å². The molecular weight excluding hydrogens is 316 g/mol. The molecule has 0 fully saturated rings. The Balaban J connectivity index is 3.22. The van der Waals surface area contributed by atoms with Gasteiger partial charge in [0.2, 0.25) is 0 Å². The first-order valence-electron chi connectivity index (χ1n) is 2.64. The molecule has 1 N–H and O–H groups in total. The van der Waals surface area contributed by atoms with Crippen molar-refractivity contribution in [2.45, 2.75) is 17.4 Å². The van der Waals surface area contributed by atoms with E-state index >= 15 is 0 Å². The highest BCUT2D eigenvalue weighted by atomic mass is 79.9. The molecule has 0 aliphatic heterocycles. The summed E-state index contributed by atoms with van der Waals surface area (Å²) in [6.45, 7) is 0. The monoisotopic (exact) mass is 322 g/mol. The molecule has 0 aliphatic carbocycles. The largest absolute Gasteiger partial charge is 0.392 e. The van der Waals surface area contributed by atoms with Crippen LogP contribution in [-0.2, 0) is 0 Å². The zero-order valence-electron chi connectivity index (χ0n) is 4.86. The summed E-state index contributed by atoms with van der Waals surface area (Å²) < 4.78 is 0. The van der Waals surface area contributed by atoms with Crippen LogP contribution in [0.15, 0.2) is 0 Å². The molecular formula is C5H9Br3O. The van der Waals surface area contributed by atoms with E-state index in [2.05, 4.69) is 47.8 Å². The normalized spacial score (nSPS) is 17.3. The summed E-state index contributed by atoms with van der Waals surface area (Å²) in [7, 11) is 0. The Labute approximate surface area is 80.6 Å². The van der Waals surface area contributed by atoms with Gasteiger partial charge in [0, 0.05) is 15.5 Å². The summed E-state index contributed by atoms with van der Waals surface area (Å²) in [5, 5.41) is 10.6. The number of alkyl halides is 3. The third-order valence-electron chi connectivity index (χ3n) is 0.873. The molecule has 0 radical (unpaired) electrons. The number of hydrogen-bond donors (Lipinski definition) is 1. The highest BCUT2D eigenvalue weighted by molar-refractivity contribution is 9.12. The summed E-state index contributed by atoms with van der Waals surface area (Å²) in [6.07, 6.45) is 0.558. The lowest BCUT2D eigenvalue weighted by Crippen LogP contribution is -2.15. The van der Waals surface area contributed by atoms with Crippen LogP contribution >= 0.6 is 47.8 Å². The van der Waals surface area contributed by atoms with E-state index in [0.717, 1.165) is 11.8 Å². The van der Waals surface area contributed by atoms with Crippen LogP contribution in [0.3, 0.4) is 0 Å². The predicted octanol–water partition coefficient (Wildman–Crippen LogP) is 2.29. The van der Waals surface area contributed by atoms with Gasteiger partial charge in [-0.1, -0.05) is 47.8 Å². The molecule has 0 saturated heterocycles. The van der Waals surface area contributed by atoms with E-state index < -0.39 is 0 Å². The summed E-state index contributed by atoms with van der Waals surface area (Å²) in [5.41, 5.74) is 0. The second kappa shape index (κ2) is 6.13. The molecule has 9 heavy (non-hydrogen) atoms. The molecule has 0 spiro atoms. The first-order valence-corrected chi connectivity index (χ1v) is 5.80. The number of rotatable bonds is 4. The smallest absolute Gasteiger partial charge is 0.0647 e. The summed E-state index contributed by atoms with van der Waals surface area (Å²) in [6, 6.07) is 0. The zero-order valence-corrected chi connectivity index (χ0v) is 9.62. The van der Waals surface area contributed by atoms with Crippen LogP contribution in [0.4, 0.5) is 0 Å². The molecule has 2 unspecified atom stereocenters. The Hall–Kier alpha value is 1.40. The van der Waals surface area contributed by atoms with Gasteiger partial charge in [-0.2, -0.15) is 0 Å². The minimum absolute atomic E-state index is 0.230. The highest BCUT2D eigenvalue weighted by Crippen LogP contribution is 2.11. The zero-order chi connectivity index (χ0) is 7.28. The van der Waals surface area contributed by atoms with Gasteiger partial charge in [-0.15, -0.1) is 0 Å². The van der Waals surface area contributed by atoms with Crippen molar-refractivity contribution >= 4 is 47.8 Å². The van der Waals surface area contributed by atoms with E-state index in [-0.39, 0.29) is 6.10 Å². The topological polar surface area (TPSA) is 20.2 Å². The molecule has 0 aromatic rings. The third-order valence-corrected chi connectivity index (χ3v) is 3.97. The predicted molar refractivity (Wildman–Crippen MR) is 50.9 cm³/mol. The minimum atomic E-state index is -0.230. The molecule has 1 nitrogen and oxygen atoms in total. The Morgan fingerprint density at radius 3 is 2.11 bits per heavy atom. The van der Waals surface area contributed by atoms with Crippen LogP contribution in [0.5, 0.6) is 0 Å². The van der Waals surface area contributed by atoms with E-state index in [9.17, 15) is 0 Å². The average Bonchev–Trinajstić information content (AvgIpc) is 1.87. The highest BCUT2D eigenvalue weighted by Gasteiger charge is 2.08. The van der Waals surface area contributed by atoms with Crippen LogP contribution in [0.1, 0.15) is 6.42 Å².